The van der Waals surface area contributed by atoms with E-state index in [4.69, 9.17) is 17.3 Å². The van der Waals surface area contributed by atoms with Crippen molar-refractivity contribution in [2.24, 2.45) is 7.05 Å². The van der Waals surface area contributed by atoms with Gasteiger partial charge in [0.05, 0.1) is 28.3 Å². The molecule has 0 aliphatic carbocycles. The van der Waals surface area contributed by atoms with Crippen molar-refractivity contribution < 1.29 is 4.39 Å². The maximum Gasteiger partial charge on any atom is 0.201 e. The van der Waals surface area contributed by atoms with Crippen molar-refractivity contribution in [3.63, 3.8) is 0 Å². The first kappa shape index (κ1) is 12.9. The fraction of sp³-hybridized carbons (Fsp3) is 0.231. The molecule has 0 amide bonds. The number of benzene rings is 1. The van der Waals surface area contributed by atoms with Crippen molar-refractivity contribution in [2.75, 3.05) is 5.73 Å². The average Bonchev–Trinajstić information content (AvgIpc) is 2.83. The molecule has 0 atom stereocenters. The lowest BCUT2D eigenvalue weighted by atomic mass is 10.2. The number of hydrogen-bond acceptors (Lipinski definition) is 3. The Morgan fingerprint density at radius 2 is 2.15 bits per heavy atom. The number of halogens is 2. The monoisotopic (exact) mass is 293 g/mol. The van der Waals surface area contributed by atoms with Crippen LogP contribution in [0.1, 0.15) is 11.3 Å². The van der Waals surface area contributed by atoms with Gasteiger partial charge >= 0.3 is 0 Å². The van der Waals surface area contributed by atoms with E-state index in [0.29, 0.717) is 23.5 Å². The van der Waals surface area contributed by atoms with Gasteiger partial charge in [0.1, 0.15) is 5.82 Å². The topological polar surface area (TPSA) is 61.7 Å². The van der Waals surface area contributed by atoms with Gasteiger partial charge in [0, 0.05) is 24.9 Å². The van der Waals surface area contributed by atoms with E-state index in [2.05, 4.69) is 10.1 Å². The van der Waals surface area contributed by atoms with Crippen molar-refractivity contribution in [2.45, 2.75) is 13.5 Å². The number of fused-ring (bicyclic) bond motifs is 1. The third kappa shape index (κ3) is 2.02. The Labute approximate surface area is 119 Å². The molecular formula is C13H13ClFN5. The molecule has 0 saturated heterocycles. The van der Waals surface area contributed by atoms with E-state index in [-0.39, 0.29) is 5.02 Å². The summed E-state index contributed by atoms with van der Waals surface area (Å²) >= 11 is 5.83. The van der Waals surface area contributed by atoms with Gasteiger partial charge < -0.3 is 10.3 Å². The lowest BCUT2D eigenvalue weighted by molar-refractivity contribution is 0.629. The molecule has 0 aliphatic heterocycles. The Bertz CT molecular complexity index is 805. The summed E-state index contributed by atoms with van der Waals surface area (Å²) in [7, 11) is 1.86. The number of aromatic nitrogens is 4. The van der Waals surface area contributed by atoms with Gasteiger partial charge in [0.2, 0.25) is 5.95 Å². The summed E-state index contributed by atoms with van der Waals surface area (Å²) in [5, 5.41) is 4.35. The molecule has 5 nitrogen and oxygen atoms in total. The third-order valence-electron chi connectivity index (χ3n) is 3.26. The van der Waals surface area contributed by atoms with Crippen LogP contribution in [0.5, 0.6) is 0 Å². The van der Waals surface area contributed by atoms with Crippen molar-refractivity contribution in [3.8, 4) is 0 Å². The van der Waals surface area contributed by atoms with E-state index >= 15 is 0 Å². The fourth-order valence-electron chi connectivity index (χ4n) is 2.28. The highest BCUT2D eigenvalue weighted by atomic mass is 35.5. The first-order chi connectivity index (χ1) is 9.45. The number of nitrogens with zero attached hydrogens (tertiary/aromatic N) is 4. The highest BCUT2D eigenvalue weighted by molar-refractivity contribution is 6.31. The van der Waals surface area contributed by atoms with Crippen LogP contribution >= 0.6 is 11.6 Å². The van der Waals surface area contributed by atoms with Crippen LogP contribution in [-0.2, 0) is 13.6 Å². The van der Waals surface area contributed by atoms with Gasteiger partial charge in [0.25, 0.3) is 0 Å². The number of nitrogens with two attached hydrogens (primary N) is 1. The summed E-state index contributed by atoms with van der Waals surface area (Å²) in [4.78, 5) is 4.16. The fourth-order valence-corrected chi connectivity index (χ4v) is 2.44. The molecular weight excluding hydrogens is 281 g/mol. The molecule has 0 unspecified atom stereocenters. The van der Waals surface area contributed by atoms with Crippen LogP contribution in [0.4, 0.5) is 10.3 Å². The molecule has 0 spiro atoms. The molecule has 0 fully saturated rings. The third-order valence-corrected chi connectivity index (χ3v) is 3.55. The Morgan fingerprint density at radius 1 is 1.40 bits per heavy atom. The van der Waals surface area contributed by atoms with Gasteiger partial charge in [-0.25, -0.2) is 9.37 Å². The molecule has 7 heteroatoms. The second-order valence-electron chi connectivity index (χ2n) is 4.72. The predicted molar refractivity (Wildman–Crippen MR) is 76.2 cm³/mol. The predicted octanol–water partition coefficient (Wildman–Crippen LogP) is 2.50. The van der Waals surface area contributed by atoms with Crippen molar-refractivity contribution in [1.29, 1.82) is 0 Å². The van der Waals surface area contributed by atoms with E-state index < -0.39 is 5.82 Å². The molecule has 2 heterocycles. The number of hydrogen-bond donors (Lipinski definition) is 1. The Morgan fingerprint density at radius 3 is 2.80 bits per heavy atom. The molecule has 3 aromatic rings. The highest BCUT2D eigenvalue weighted by Crippen LogP contribution is 2.25. The number of aryl methyl sites for hydroxylation is 2. The van der Waals surface area contributed by atoms with E-state index in [0.717, 1.165) is 11.3 Å². The Kier molecular flexibility index (Phi) is 2.90. The van der Waals surface area contributed by atoms with Crippen LogP contribution in [0.3, 0.4) is 0 Å². The molecule has 3 rings (SSSR count). The minimum Gasteiger partial charge on any atom is -0.369 e. The van der Waals surface area contributed by atoms with Crippen LogP contribution in [0, 0.1) is 12.7 Å². The number of imidazole rings is 1. The van der Waals surface area contributed by atoms with E-state index in [1.165, 1.54) is 6.07 Å². The standard InChI is InChI=1S/C13H13ClFN5/c1-7-8(5-19(2)18-7)6-20-12-3-9(14)10(15)4-11(12)17-13(20)16/h3-5H,6H2,1-2H3,(H2,16,17). The molecule has 2 N–H and O–H groups in total. The van der Waals surface area contributed by atoms with Gasteiger partial charge in [-0.2, -0.15) is 5.10 Å². The van der Waals surface area contributed by atoms with Gasteiger partial charge in [0.15, 0.2) is 0 Å². The number of nitrogen functional groups attached to an aromatic ring is 1. The van der Waals surface area contributed by atoms with Gasteiger partial charge in [-0.3, -0.25) is 4.68 Å². The van der Waals surface area contributed by atoms with E-state index in [1.54, 1.807) is 15.3 Å². The second kappa shape index (κ2) is 4.49. The van der Waals surface area contributed by atoms with Crippen molar-refractivity contribution >= 4 is 28.6 Å². The summed E-state index contributed by atoms with van der Waals surface area (Å²) in [6.07, 6.45) is 1.92. The largest absolute Gasteiger partial charge is 0.369 e. The van der Waals surface area contributed by atoms with E-state index in [9.17, 15) is 4.39 Å². The van der Waals surface area contributed by atoms with Crippen molar-refractivity contribution in [3.05, 3.63) is 40.4 Å². The molecule has 1 aromatic carbocycles. The molecule has 104 valence electrons. The minimum atomic E-state index is -0.499. The van der Waals surface area contributed by atoms with Crippen LogP contribution < -0.4 is 5.73 Å². The molecule has 0 aliphatic rings. The SMILES string of the molecule is Cc1nn(C)cc1Cn1c(N)nc2cc(F)c(Cl)cc21. The zero-order valence-electron chi connectivity index (χ0n) is 11.1. The second-order valence-corrected chi connectivity index (χ2v) is 5.13. The first-order valence-corrected chi connectivity index (χ1v) is 6.43. The molecule has 0 saturated carbocycles. The minimum absolute atomic E-state index is 0.0570. The van der Waals surface area contributed by atoms with Crippen LogP contribution in [0.25, 0.3) is 11.0 Å². The maximum atomic E-state index is 13.4. The zero-order valence-corrected chi connectivity index (χ0v) is 11.8. The molecule has 20 heavy (non-hydrogen) atoms. The average molecular weight is 294 g/mol. The smallest absolute Gasteiger partial charge is 0.201 e. The van der Waals surface area contributed by atoms with Crippen LogP contribution in [0.15, 0.2) is 18.3 Å². The summed E-state index contributed by atoms with van der Waals surface area (Å²) < 4.78 is 17.0. The van der Waals surface area contributed by atoms with E-state index in [1.807, 2.05) is 20.2 Å². The van der Waals surface area contributed by atoms with Gasteiger partial charge in [-0.1, -0.05) is 11.6 Å². The summed E-state index contributed by atoms with van der Waals surface area (Å²) in [5.41, 5.74) is 9.06. The first-order valence-electron chi connectivity index (χ1n) is 6.05. The normalized spacial score (nSPS) is 11.4. The van der Waals surface area contributed by atoms with Crippen LogP contribution in [-0.4, -0.2) is 19.3 Å². The quantitative estimate of drug-likeness (QED) is 0.789. The Balaban J connectivity index is 2.13. The Hall–Kier alpha value is -2.08. The highest BCUT2D eigenvalue weighted by Gasteiger charge is 2.13. The summed E-state index contributed by atoms with van der Waals surface area (Å²) in [6, 6.07) is 2.84. The summed E-state index contributed by atoms with van der Waals surface area (Å²) in [6.45, 7) is 2.45. The lowest BCUT2D eigenvalue weighted by Crippen LogP contribution is -2.05. The zero-order chi connectivity index (χ0) is 14.4. The number of anilines is 1. The van der Waals surface area contributed by atoms with Gasteiger partial charge in [-0.15, -0.1) is 0 Å². The maximum absolute atomic E-state index is 13.4. The lowest BCUT2D eigenvalue weighted by Gasteiger charge is -2.05. The molecule has 2 aromatic heterocycles. The van der Waals surface area contributed by atoms with Crippen molar-refractivity contribution in [1.82, 2.24) is 19.3 Å². The number of rotatable bonds is 2. The molecule has 0 bridgehead atoms. The van der Waals surface area contributed by atoms with Crippen LogP contribution in [0.2, 0.25) is 5.02 Å². The van der Waals surface area contributed by atoms with Gasteiger partial charge in [-0.05, 0) is 13.0 Å². The molecule has 0 radical (unpaired) electrons. The summed E-state index contributed by atoms with van der Waals surface area (Å²) in [5.74, 6) is -0.175.